The highest BCUT2D eigenvalue weighted by atomic mass is 35.5. The maximum Gasteiger partial charge on any atom is 0.124 e. The zero-order valence-electron chi connectivity index (χ0n) is 8.99. The molecule has 2 N–H and O–H groups in total. The molecular formula is C13H11ClFNS. The number of hydrogen-bond donors (Lipinski definition) is 1. The Morgan fingerprint density at radius 3 is 2.71 bits per heavy atom. The second kappa shape index (κ2) is 5.43. The molecule has 0 saturated carbocycles. The zero-order valence-corrected chi connectivity index (χ0v) is 10.6. The third kappa shape index (κ3) is 3.14. The molecule has 0 spiro atoms. The monoisotopic (exact) mass is 267 g/mol. The van der Waals surface area contributed by atoms with Crippen molar-refractivity contribution in [3.05, 3.63) is 58.9 Å². The van der Waals surface area contributed by atoms with Crippen LogP contribution < -0.4 is 5.73 Å². The molecule has 0 bridgehead atoms. The number of halogens is 2. The Morgan fingerprint density at radius 1 is 1.18 bits per heavy atom. The first kappa shape index (κ1) is 12.3. The van der Waals surface area contributed by atoms with Crippen molar-refractivity contribution < 1.29 is 4.39 Å². The van der Waals surface area contributed by atoms with Gasteiger partial charge in [0.2, 0.25) is 0 Å². The maximum absolute atomic E-state index is 13.1. The van der Waals surface area contributed by atoms with E-state index in [1.54, 1.807) is 6.07 Å². The largest absolute Gasteiger partial charge is 0.398 e. The molecule has 0 aromatic heterocycles. The van der Waals surface area contributed by atoms with Gasteiger partial charge in [-0.1, -0.05) is 29.8 Å². The van der Waals surface area contributed by atoms with E-state index in [-0.39, 0.29) is 5.82 Å². The van der Waals surface area contributed by atoms with Crippen molar-refractivity contribution >= 4 is 29.1 Å². The van der Waals surface area contributed by atoms with Crippen molar-refractivity contribution in [3.63, 3.8) is 0 Å². The molecule has 0 amide bonds. The molecule has 2 aromatic carbocycles. The molecule has 0 aliphatic rings. The van der Waals surface area contributed by atoms with Gasteiger partial charge in [0.15, 0.2) is 0 Å². The summed E-state index contributed by atoms with van der Waals surface area (Å²) in [5.41, 5.74) is 7.37. The number of rotatable bonds is 3. The summed E-state index contributed by atoms with van der Waals surface area (Å²) in [6.07, 6.45) is 0. The first-order valence-corrected chi connectivity index (χ1v) is 6.44. The number of benzene rings is 2. The molecule has 88 valence electrons. The molecule has 2 rings (SSSR count). The maximum atomic E-state index is 13.1. The SMILES string of the molecule is Nc1ccc(F)cc1SCc1ccccc1Cl. The number of hydrogen-bond acceptors (Lipinski definition) is 2. The number of anilines is 1. The molecule has 2 aromatic rings. The summed E-state index contributed by atoms with van der Waals surface area (Å²) in [6, 6.07) is 12.0. The van der Waals surface area contributed by atoms with E-state index >= 15 is 0 Å². The van der Waals surface area contributed by atoms with Crippen LogP contribution in [-0.2, 0) is 5.75 Å². The lowest BCUT2D eigenvalue weighted by molar-refractivity contribution is 0.624. The summed E-state index contributed by atoms with van der Waals surface area (Å²) in [6.45, 7) is 0. The Hall–Kier alpha value is -1.19. The smallest absolute Gasteiger partial charge is 0.124 e. The van der Waals surface area contributed by atoms with Crippen LogP contribution >= 0.6 is 23.4 Å². The highest BCUT2D eigenvalue weighted by Gasteiger charge is 2.04. The topological polar surface area (TPSA) is 26.0 Å². The van der Waals surface area contributed by atoms with Gasteiger partial charge in [0.1, 0.15) is 5.82 Å². The minimum Gasteiger partial charge on any atom is -0.398 e. The minimum absolute atomic E-state index is 0.277. The second-order valence-electron chi connectivity index (χ2n) is 3.56. The third-order valence-electron chi connectivity index (χ3n) is 2.32. The van der Waals surface area contributed by atoms with Crippen LogP contribution in [0.15, 0.2) is 47.4 Å². The summed E-state index contributed by atoms with van der Waals surface area (Å²) in [4.78, 5) is 0.741. The van der Waals surface area contributed by atoms with Crippen molar-refractivity contribution in [3.8, 4) is 0 Å². The van der Waals surface area contributed by atoms with Crippen LogP contribution in [0.1, 0.15) is 5.56 Å². The standard InChI is InChI=1S/C13H11ClFNS/c14-11-4-2-1-3-9(11)8-17-13-7-10(15)5-6-12(13)16/h1-7H,8,16H2. The van der Waals surface area contributed by atoms with Crippen molar-refractivity contribution in [2.45, 2.75) is 10.6 Å². The molecular weight excluding hydrogens is 257 g/mol. The fourth-order valence-electron chi connectivity index (χ4n) is 1.40. The van der Waals surface area contributed by atoms with Crippen LogP contribution in [0.2, 0.25) is 5.02 Å². The molecule has 0 radical (unpaired) electrons. The van der Waals surface area contributed by atoms with E-state index in [1.807, 2.05) is 24.3 Å². The lowest BCUT2D eigenvalue weighted by Gasteiger charge is -2.06. The van der Waals surface area contributed by atoms with Gasteiger partial charge < -0.3 is 5.73 Å². The lowest BCUT2D eigenvalue weighted by atomic mass is 10.2. The van der Waals surface area contributed by atoms with Gasteiger partial charge >= 0.3 is 0 Å². The van der Waals surface area contributed by atoms with E-state index in [9.17, 15) is 4.39 Å². The quantitative estimate of drug-likeness (QED) is 0.661. The van der Waals surface area contributed by atoms with E-state index in [4.69, 9.17) is 17.3 Å². The molecule has 0 fully saturated rings. The van der Waals surface area contributed by atoms with Gasteiger partial charge in [0.25, 0.3) is 0 Å². The normalized spacial score (nSPS) is 10.5. The van der Waals surface area contributed by atoms with Crippen LogP contribution in [-0.4, -0.2) is 0 Å². The van der Waals surface area contributed by atoms with E-state index in [1.165, 1.54) is 23.9 Å². The van der Waals surface area contributed by atoms with Crippen molar-refractivity contribution in [2.75, 3.05) is 5.73 Å². The Bertz CT molecular complexity index is 531. The molecule has 0 unspecified atom stereocenters. The van der Waals surface area contributed by atoms with Crippen molar-refractivity contribution in [1.82, 2.24) is 0 Å². The zero-order chi connectivity index (χ0) is 12.3. The second-order valence-corrected chi connectivity index (χ2v) is 4.99. The van der Waals surface area contributed by atoms with Gasteiger partial charge in [-0.15, -0.1) is 11.8 Å². The van der Waals surface area contributed by atoms with Gasteiger partial charge in [-0.2, -0.15) is 0 Å². The Kier molecular flexibility index (Phi) is 3.92. The van der Waals surface area contributed by atoms with E-state index in [2.05, 4.69) is 0 Å². The molecule has 4 heteroatoms. The van der Waals surface area contributed by atoms with E-state index < -0.39 is 0 Å². The van der Waals surface area contributed by atoms with Crippen LogP contribution in [0.25, 0.3) is 0 Å². The van der Waals surface area contributed by atoms with Crippen molar-refractivity contribution in [2.24, 2.45) is 0 Å². The Morgan fingerprint density at radius 2 is 1.94 bits per heavy atom. The van der Waals surface area contributed by atoms with E-state index in [0.29, 0.717) is 11.4 Å². The molecule has 0 saturated heterocycles. The summed E-state index contributed by atoms with van der Waals surface area (Å²) in [5, 5.41) is 0.718. The first-order chi connectivity index (χ1) is 8.16. The fraction of sp³-hybridized carbons (Fsp3) is 0.0769. The van der Waals surface area contributed by atoms with Crippen LogP contribution in [0.3, 0.4) is 0 Å². The van der Waals surface area contributed by atoms with Crippen LogP contribution in [0, 0.1) is 5.82 Å². The summed E-state index contributed by atoms with van der Waals surface area (Å²) >= 11 is 7.52. The van der Waals surface area contributed by atoms with Gasteiger partial charge in [-0.3, -0.25) is 0 Å². The van der Waals surface area contributed by atoms with Gasteiger partial charge in [-0.05, 0) is 29.8 Å². The average molecular weight is 268 g/mol. The lowest BCUT2D eigenvalue weighted by Crippen LogP contribution is -1.90. The molecule has 0 aliphatic heterocycles. The number of nitrogens with two attached hydrogens (primary N) is 1. The highest BCUT2D eigenvalue weighted by Crippen LogP contribution is 2.30. The molecule has 0 aliphatic carbocycles. The Balaban J connectivity index is 2.12. The van der Waals surface area contributed by atoms with E-state index in [0.717, 1.165) is 15.5 Å². The van der Waals surface area contributed by atoms with Crippen molar-refractivity contribution in [1.29, 1.82) is 0 Å². The summed E-state index contributed by atoms with van der Waals surface area (Å²) in [5.74, 6) is 0.397. The number of thioether (sulfide) groups is 1. The summed E-state index contributed by atoms with van der Waals surface area (Å²) < 4.78 is 13.1. The van der Waals surface area contributed by atoms with Gasteiger partial charge in [0.05, 0.1) is 0 Å². The predicted octanol–water partition coefficient (Wildman–Crippen LogP) is 4.35. The third-order valence-corrected chi connectivity index (χ3v) is 3.81. The van der Waals surface area contributed by atoms with Gasteiger partial charge in [0, 0.05) is 21.4 Å². The molecule has 0 atom stereocenters. The first-order valence-electron chi connectivity index (χ1n) is 5.08. The molecule has 0 heterocycles. The molecule has 17 heavy (non-hydrogen) atoms. The van der Waals surface area contributed by atoms with Gasteiger partial charge in [-0.25, -0.2) is 4.39 Å². The number of nitrogen functional groups attached to an aromatic ring is 1. The van der Waals surface area contributed by atoms with Crippen LogP contribution in [0.4, 0.5) is 10.1 Å². The van der Waals surface area contributed by atoms with Crippen LogP contribution in [0.5, 0.6) is 0 Å². The molecule has 1 nitrogen and oxygen atoms in total. The minimum atomic E-state index is -0.277. The Labute approximate surface area is 109 Å². The average Bonchev–Trinajstić information content (AvgIpc) is 2.32. The predicted molar refractivity (Wildman–Crippen MR) is 71.8 cm³/mol. The summed E-state index contributed by atoms with van der Waals surface area (Å²) in [7, 11) is 0. The highest BCUT2D eigenvalue weighted by molar-refractivity contribution is 7.98. The fourth-order valence-corrected chi connectivity index (χ4v) is 2.68.